The summed E-state index contributed by atoms with van der Waals surface area (Å²) in [6.45, 7) is 2.23. The number of carbonyl (C=O) groups is 1. The summed E-state index contributed by atoms with van der Waals surface area (Å²) in [6.07, 6.45) is 0.765. The molecule has 1 atom stereocenters. The molecule has 0 saturated carbocycles. The number of benzene rings is 1. The van der Waals surface area contributed by atoms with E-state index in [0.717, 1.165) is 6.29 Å². The number of hydrogen-bond donors (Lipinski definition) is 0. The Bertz CT molecular complexity index is 571. The highest BCUT2D eigenvalue weighted by Crippen LogP contribution is 2.27. The smallest absolute Gasteiger partial charge is 0.154 e. The summed E-state index contributed by atoms with van der Waals surface area (Å²) in [7, 11) is -2.97. The number of nitrogens with zero attached hydrogens (tertiary/aromatic N) is 1. The zero-order valence-electron chi connectivity index (χ0n) is 9.97. The molecule has 2 rings (SSSR count). The van der Waals surface area contributed by atoms with Crippen LogP contribution < -0.4 is 4.90 Å². The van der Waals surface area contributed by atoms with E-state index in [1.54, 1.807) is 18.2 Å². The summed E-state index contributed by atoms with van der Waals surface area (Å²) in [5, 5.41) is 0.538. The van der Waals surface area contributed by atoms with E-state index in [-0.39, 0.29) is 17.5 Å². The fourth-order valence-corrected chi connectivity index (χ4v) is 3.94. The van der Waals surface area contributed by atoms with E-state index in [0.29, 0.717) is 22.8 Å². The van der Waals surface area contributed by atoms with Gasteiger partial charge in [0.15, 0.2) is 16.1 Å². The molecule has 1 aliphatic rings. The van der Waals surface area contributed by atoms with Gasteiger partial charge in [0.1, 0.15) is 0 Å². The van der Waals surface area contributed by atoms with E-state index in [4.69, 9.17) is 11.6 Å². The zero-order chi connectivity index (χ0) is 13.3. The molecular weight excluding hydrogens is 274 g/mol. The standard InChI is InChI=1S/C12H14ClNO3S/c1-9-8-18(16,17)5-4-14(9)12-6-11(13)3-2-10(12)7-15/h2-3,6-7,9H,4-5,8H2,1H3. The van der Waals surface area contributed by atoms with Crippen molar-refractivity contribution >= 4 is 33.4 Å². The van der Waals surface area contributed by atoms with Crippen LogP contribution in [0.3, 0.4) is 0 Å². The lowest BCUT2D eigenvalue weighted by Crippen LogP contribution is -2.47. The molecule has 0 amide bonds. The number of hydrogen-bond acceptors (Lipinski definition) is 4. The third-order valence-electron chi connectivity index (χ3n) is 3.10. The molecule has 6 heteroatoms. The topological polar surface area (TPSA) is 54.5 Å². The van der Waals surface area contributed by atoms with Crippen molar-refractivity contribution in [2.24, 2.45) is 0 Å². The van der Waals surface area contributed by atoms with Crippen LogP contribution in [0.15, 0.2) is 18.2 Å². The molecule has 0 N–H and O–H groups in total. The third-order valence-corrected chi connectivity index (χ3v) is 5.13. The molecule has 0 radical (unpaired) electrons. The minimum atomic E-state index is -2.97. The number of carbonyl (C=O) groups excluding carboxylic acids is 1. The number of sulfone groups is 1. The molecule has 1 saturated heterocycles. The molecular formula is C12H14ClNO3S. The number of anilines is 1. The quantitative estimate of drug-likeness (QED) is 0.778. The Labute approximate surface area is 111 Å². The molecule has 4 nitrogen and oxygen atoms in total. The van der Waals surface area contributed by atoms with Gasteiger partial charge in [0.25, 0.3) is 0 Å². The average molecular weight is 288 g/mol. The molecule has 1 unspecified atom stereocenters. The van der Waals surface area contributed by atoms with Crippen molar-refractivity contribution in [2.75, 3.05) is 23.0 Å². The van der Waals surface area contributed by atoms with Crippen molar-refractivity contribution in [3.8, 4) is 0 Å². The van der Waals surface area contributed by atoms with Crippen LogP contribution in [0.4, 0.5) is 5.69 Å². The van der Waals surface area contributed by atoms with Crippen LogP contribution in [-0.4, -0.2) is 38.8 Å². The highest BCUT2D eigenvalue weighted by atomic mass is 35.5. The fourth-order valence-electron chi connectivity index (χ4n) is 2.22. The highest BCUT2D eigenvalue weighted by molar-refractivity contribution is 7.91. The van der Waals surface area contributed by atoms with E-state index in [9.17, 15) is 13.2 Å². The van der Waals surface area contributed by atoms with Gasteiger partial charge in [-0.2, -0.15) is 0 Å². The maximum Gasteiger partial charge on any atom is 0.154 e. The Morgan fingerprint density at radius 2 is 2.17 bits per heavy atom. The maximum absolute atomic E-state index is 11.5. The van der Waals surface area contributed by atoms with Crippen molar-refractivity contribution in [3.63, 3.8) is 0 Å². The Morgan fingerprint density at radius 3 is 2.78 bits per heavy atom. The van der Waals surface area contributed by atoms with Gasteiger partial charge in [-0.1, -0.05) is 11.6 Å². The molecule has 0 aromatic heterocycles. The Kier molecular flexibility index (Phi) is 3.64. The SMILES string of the molecule is CC1CS(=O)(=O)CCN1c1cc(Cl)ccc1C=O. The Balaban J connectivity index is 2.37. The van der Waals surface area contributed by atoms with Crippen LogP contribution in [0.1, 0.15) is 17.3 Å². The van der Waals surface area contributed by atoms with E-state index in [1.165, 1.54) is 0 Å². The van der Waals surface area contributed by atoms with Crippen molar-refractivity contribution in [3.05, 3.63) is 28.8 Å². The maximum atomic E-state index is 11.5. The summed E-state index contributed by atoms with van der Waals surface area (Å²) < 4.78 is 23.1. The molecule has 0 spiro atoms. The van der Waals surface area contributed by atoms with Gasteiger partial charge in [-0.25, -0.2) is 8.42 Å². The monoisotopic (exact) mass is 287 g/mol. The highest BCUT2D eigenvalue weighted by Gasteiger charge is 2.29. The summed E-state index contributed by atoms with van der Waals surface area (Å²) >= 11 is 5.94. The third kappa shape index (κ3) is 2.67. The number of rotatable bonds is 2. The predicted octanol–water partition coefficient (Wildman–Crippen LogP) is 1.78. The van der Waals surface area contributed by atoms with Gasteiger partial charge in [0.05, 0.1) is 11.5 Å². The van der Waals surface area contributed by atoms with Crippen molar-refractivity contribution in [2.45, 2.75) is 13.0 Å². The van der Waals surface area contributed by atoms with Crippen LogP contribution in [0.2, 0.25) is 5.02 Å². The average Bonchev–Trinajstić information content (AvgIpc) is 2.28. The van der Waals surface area contributed by atoms with Gasteiger partial charge in [0, 0.05) is 28.9 Å². The van der Waals surface area contributed by atoms with E-state index in [1.807, 2.05) is 11.8 Å². The van der Waals surface area contributed by atoms with Crippen molar-refractivity contribution in [1.82, 2.24) is 0 Å². The number of halogens is 1. The molecule has 1 aliphatic heterocycles. The Hall–Kier alpha value is -1.07. The minimum absolute atomic E-state index is 0.109. The zero-order valence-corrected chi connectivity index (χ0v) is 11.5. The molecule has 18 heavy (non-hydrogen) atoms. The number of aldehydes is 1. The van der Waals surface area contributed by atoms with Crippen molar-refractivity contribution in [1.29, 1.82) is 0 Å². The van der Waals surface area contributed by atoms with Crippen LogP contribution in [0.5, 0.6) is 0 Å². The Morgan fingerprint density at radius 1 is 1.44 bits per heavy atom. The second-order valence-electron chi connectivity index (χ2n) is 4.48. The first-order valence-corrected chi connectivity index (χ1v) is 7.85. The predicted molar refractivity (Wildman–Crippen MR) is 72.3 cm³/mol. The first-order chi connectivity index (χ1) is 8.43. The molecule has 1 heterocycles. The molecule has 0 bridgehead atoms. The largest absolute Gasteiger partial charge is 0.366 e. The van der Waals surface area contributed by atoms with Gasteiger partial charge < -0.3 is 4.90 Å². The molecule has 0 aliphatic carbocycles. The molecule has 1 aromatic carbocycles. The van der Waals surface area contributed by atoms with Gasteiger partial charge in [-0.15, -0.1) is 0 Å². The van der Waals surface area contributed by atoms with Crippen LogP contribution >= 0.6 is 11.6 Å². The van der Waals surface area contributed by atoms with Gasteiger partial charge in [-0.05, 0) is 25.1 Å². The molecule has 1 aromatic rings. The lowest BCUT2D eigenvalue weighted by Gasteiger charge is -2.35. The second-order valence-corrected chi connectivity index (χ2v) is 7.14. The fraction of sp³-hybridized carbons (Fsp3) is 0.417. The van der Waals surface area contributed by atoms with Crippen LogP contribution in [0, 0.1) is 0 Å². The van der Waals surface area contributed by atoms with E-state index in [2.05, 4.69) is 0 Å². The summed E-state index contributed by atoms with van der Waals surface area (Å²) in [5.41, 5.74) is 1.24. The van der Waals surface area contributed by atoms with Crippen molar-refractivity contribution < 1.29 is 13.2 Å². The summed E-state index contributed by atoms with van der Waals surface area (Å²) in [5.74, 6) is 0.222. The van der Waals surface area contributed by atoms with Crippen LogP contribution in [0.25, 0.3) is 0 Å². The summed E-state index contributed by atoms with van der Waals surface area (Å²) in [4.78, 5) is 13.0. The molecule has 1 fully saturated rings. The van der Waals surface area contributed by atoms with E-state index >= 15 is 0 Å². The summed E-state index contributed by atoms with van der Waals surface area (Å²) in [6, 6.07) is 4.86. The normalized spacial score (nSPS) is 22.8. The van der Waals surface area contributed by atoms with E-state index < -0.39 is 9.84 Å². The first-order valence-electron chi connectivity index (χ1n) is 5.65. The lowest BCUT2D eigenvalue weighted by atomic mass is 10.1. The second kappa shape index (κ2) is 4.90. The van der Waals surface area contributed by atoms with Crippen LogP contribution in [-0.2, 0) is 9.84 Å². The first kappa shape index (κ1) is 13.4. The van der Waals surface area contributed by atoms with Gasteiger partial charge in [0.2, 0.25) is 0 Å². The lowest BCUT2D eigenvalue weighted by molar-refractivity contribution is 0.112. The molecule has 98 valence electrons. The minimum Gasteiger partial charge on any atom is -0.366 e. The van der Waals surface area contributed by atoms with Gasteiger partial charge in [-0.3, -0.25) is 4.79 Å². The van der Waals surface area contributed by atoms with Gasteiger partial charge >= 0.3 is 0 Å².